The number of carbonyl (C=O) groups excluding carboxylic acids is 1. The van der Waals surface area contributed by atoms with Crippen LogP contribution in [0.3, 0.4) is 0 Å². The van der Waals surface area contributed by atoms with E-state index < -0.39 is 0 Å². The number of aryl methyl sites for hydroxylation is 1. The van der Waals surface area contributed by atoms with Crippen molar-refractivity contribution in [3.8, 4) is 11.5 Å². The van der Waals surface area contributed by atoms with Gasteiger partial charge in [-0.05, 0) is 37.5 Å². The number of hydrogen-bond acceptors (Lipinski definition) is 5. The molecule has 3 aromatic heterocycles. The Morgan fingerprint density at radius 3 is 2.67 bits per heavy atom. The number of aromatic nitrogens is 6. The zero-order valence-corrected chi connectivity index (χ0v) is 13.6. The lowest BCUT2D eigenvalue weighted by Crippen LogP contribution is -2.36. The molecule has 0 atom stereocenters. The van der Waals surface area contributed by atoms with E-state index in [1.54, 1.807) is 9.20 Å². The third-order valence-electron chi connectivity index (χ3n) is 4.30. The molecular formula is C16H19N7O. The number of amides is 1. The van der Waals surface area contributed by atoms with Gasteiger partial charge in [0.1, 0.15) is 5.69 Å². The second-order valence-corrected chi connectivity index (χ2v) is 6.11. The Morgan fingerprint density at radius 1 is 1.08 bits per heavy atom. The number of piperidine rings is 1. The first-order valence-corrected chi connectivity index (χ1v) is 8.20. The van der Waals surface area contributed by atoms with Crippen molar-refractivity contribution >= 4 is 11.6 Å². The second-order valence-electron chi connectivity index (χ2n) is 6.11. The summed E-state index contributed by atoms with van der Waals surface area (Å²) in [5.74, 6) is 0.715. The van der Waals surface area contributed by atoms with Crippen molar-refractivity contribution in [2.24, 2.45) is 7.05 Å². The minimum absolute atomic E-state index is 0.133. The number of carbonyl (C=O) groups is 1. The highest BCUT2D eigenvalue weighted by molar-refractivity contribution is 5.78. The van der Waals surface area contributed by atoms with Gasteiger partial charge in [0.2, 0.25) is 11.7 Å². The Kier molecular flexibility index (Phi) is 3.72. The lowest BCUT2D eigenvalue weighted by Gasteiger charge is -2.26. The van der Waals surface area contributed by atoms with Crippen LogP contribution < -0.4 is 0 Å². The Balaban J connectivity index is 1.61. The first kappa shape index (κ1) is 14.8. The molecule has 4 heterocycles. The normalized spacial score (nSPS) is 15.1. The smallest absolute Gasteiger partial charge is 0.228 e. The van der Waals surface area contributed by atoms with Gasteiger partial charge in [0, 0.05) is 26.3 Å². The molecule has 1 aliphatic heterocycles. The number of likely N-dealkylation sites (tertiary alicyclic amines) is 1. The van der Waals surface area contributed by atoms with Crippen LogP contribution in [-0.2, 0) is 18.3 Å². The SMILES string of the molecule is Cn1ccc(-c2nnc3ccc(CC(=O)N4CCCCC4)nn23)n1. The van der Waals surface area contributed by atoms with Gasteiger partial charge in [-0.2, -0.15) is 14.7 Å². The molecule has 1 saturated heterocycles. The largest absolute Gasteiger partial charge is 0.342 e. The van der Waals surface area contributed by atoms with Crippen molar-refractivity contribution in [1.29, 1.82) is 0 Å². The minimum Gasteiger partial charge on any atom is -0.342 e. The van der Waals surface area contributed by atoms with Crippen LogP contribution in [0.2, 0.25) is 0 Å². The summed E-state index contributed by atoms with van der Waals surface area (Å²) in [5.41, 5.74) is 2.07. The van der Waals surface area contributed by atoms with Gasteiger partial charge in [0.25, 0.3) is 0 Å². The summed E-state index contributed by atoms with van der Waals surface area (Å²) in [7, 11) is 1.85. The van der Waals surface area contributed by atoms with Gasteiger partial charge in [0.15, 0.2) is 5.65 Å². The minimum atomic E-state index is 0.133. The second kappa shape index (κ2) is 6.03. The van der Waals surface area contributed by atoms with Crippen LogP contribution in [0.4, 0.5) is 0 Å². The summed E-state index contributed by atoms with van der Waals surface area (Å²) >= 11 is 0. The molecular weight excluding hydrogens is 306 g/mol. The topological polar surface area (TPSA) is 81.2 Å². The summed E-state index contributed by atoms with van der Waals surface area (Å²) in [5, 5.41) is 17.2. The molecule has 24 heavy (non-hydrogen) atoms. The van der Waals surface area contributed by atoms with E-state index in [9.17, 15) is 4.79 Å². The summed E-state index contributed by atoms with van der Waals surface area (Å²) in [4.78, 5) is 14.4. The number of rotatable bonds is 3. The highest BCUT2D eigenvalue weighted by Gasteiger charge is 2.18. The fraction of sp³-hybridized carbons (Fsp3) is 0.438. The van der Waals surface area contributed by atoms with Crippen molar-refractivity contribution in [1.82, 2.24) is 34.5 Å². The highest BCUT2D eigenvalue weighted by Crippen LogP contribution is 2.16. The fourth-order valence-corrected chi connectivity index (χ4v) is 3.03. The molecule has 0 radical (unpaired) electrons. The molecule has 0 saturated carbocycles. The fourth-order valence-electron chi connectivity index (χ4n) is 3.03. The zero-order valence-electron chi connectivity index (χ0n) is 13.6. The predicted molar refractivity (Wildman–Crippen MR) is 87.1 cm³/mol. The van der Waals surface area contributed by atoms with Gasteiger partial charge in [0.05, 0.1) is 12.1 Å². The summed E-state index contributed by atoms with van der Waals surface area (Å²) in [6.07, 6.45) is 5.54. The molecule has 8 heteroatoms. The van der Waals surface area contributed by atoms with Gasteiger partial charge < -0.3 is 4.90 Å². The van der Waals surface area contributed by atoms with Gasteiger partial charge in [-0.15, -0.1) is 10.2 Å². The van der Waals surface area contributed by atoms with E-state index in [1.807, 2.05) is 36.3 Å². The molecule has 3 aromatic rings. The van der Waals surface area contributed by atoms with Crippen molar-refractivity contribution in [2.45, 2.75) is 25.7 Å². The van der Waals surface area contributed by atoms with Gasteiger partial charge in [-0.25, -0.2) is 0 Å². The van der Waals surface area contributed by atoms with E-state index in [-0.39, 0.29) is 5.91 Å². The van der Waals surface area contributed by atoms with Gasteiger partial charge in [-0.3, -0.25) is 9.48 Å². The molecule has 1 fully saturated rings. The maximum Gasteiger partial charge on any atom is 0.228 e. The van der Waals surface area contributed by atoms with Crippen LogP contribution in [-0.4, -0.2) is 53.5 Å². The van der Waals surface area contributed by atoms with E-state index in [4.69, 9.17) is 0 Å². The quantitative estimate of drug-likeness (QED) is 0.720. The Morgan fingerprint density at radius 2 is 1.92 bits per heavy atom. The molecule has 0 aromatic carbocycles. The maximum atomic E-state index is 12.4. The molecule has 0 bridgehead atoms. The van der Waals surface area contributed by atoms with Crippen molar-refractivity contribution < 1.29 is 4.79 Å². The highest BCUT2D eigenvalue weighted by atomic mass is 16.2. The number of nitrogens with zero attached hydrogens (tertiary/aromatic N) is 7. The van der Waals surface area contributed by atoms with E-state index in [0.717, 1.165) is 31.6 Å². The third kappa shape index (κ3) is 2.75. The molecule has 0 unspecified atom stereocenters. The van der Waals surface area contributed by atoms with E-state index in [2.05, 4.69) is 20.4 Å². The van der Waals surface area contributed by atoms with Crippen LogP contribution in [0.5, 0.6) is 0 Å². The van der Waals surface area contributed by atoms with Crippen molar-refractivity contribution in [3.05, 3.63) is 30.1 Å². The maximum absolute atomic E-state index is 12.4. The van der Waals surface area contributed by atoms with Crippen LogP contribution in [0.1, 0.15) is 25.0 Å². The van der Waals surface area contributed by atoms with Gasteiger partial charge in [-0.1, -0.05) is 0 Å². The third-order valence-corrected chi connectivity index (χ3v) is 4.30. The molecule has 124 valence electrons. The lowest BCUT2D eigenvalue weighted by molar-refractivity contribution is -0.131. The monoisotopic (exact) mass is 325 g/mol. The predicted octanol–water partition coefficient (Wildman–Crippen LogP) is 1.08. The Hall–Kier alpha value is -2.77. The van der Waals surface area contributed by atoms with E-state index in [1.165, 1.54) is 6.42 Å². The average Bonchev–Trinajstić information content (AvgIpc) is 3.21. The molecule has 1 aliphatic rings. The first-order valence-electron chi connectivity index (χ1n) is 8.20. The summed E-state index contributed by atoms with van der Waals surface area (Å²) in [6, 6.07) is 5.54. The number of fused-ring (bicyclic) bond motifs is 1. The van der Waals surface area contributed by atoms with E-state index >= 15 is 0 Å². The Bertz CT molecular complexity index is 876. The summed E-state index contributed by atoms with van der Waals surface area (Å²) in [6.45, 7) is 1.71. The van der Waals surface area contributed by atoms with Gasteiger partial charge >= 0.3 is 0 Å². The van der Waals surface area contributed by atoms with Crippen molar-refractivity contribution in [2.75, 3.05) is 13.1 Å². The molecule has 0 aliphatic carbocycles. The first-order chi connectivity index (χ1) is 11.7. The van der Waals surface area contributed by atoms with Crippen LogP contribution >= 0.6 is 0 Å². The van der Waals surface area contributed by atoms with Crippen LogP contribution in [0.25, 0.3) is 17.2 Å². The Labute approximate surface area is 139 Å². The standard InChI is InChI=1S/C16H19N7O/c1-21-10-7-13(20-21)16-18-17-14-6-5-12(19-23(14)16)11-15(24)22-8-3-2-4-9-22/h5-7,10H,2-4,8-9,11H2,1H3. The van der Waals surface area contributed by atoms with Crippen LogP contribution in [0.15, 0.2) is 24.4 Å². The summed E-state index contributed by atoms with van der Waals surface area (Å²) < 4.78 is 3.36. The molecule has 1 amide bonds. The molecule has 0 spiro atoms. The zero-order chi connectivity index (χ0) is 16.5. The van der Waals surface area contributed by atoms with E-state index in [0.29, 0.717) is 23.6 Å². The molecule has 8 nitrogen and oxygen atoms in total. The van der Waals surface area contributed by atoms with Crippen LogP contribution in [0, 0.1) is 0 Å². The molecule has 0 N–H and O–H groups in total. The molecule has 4 rings (SSSR count). The number of hydrogen-bond donors (Lipinski definition) is 0. The average molecular weight is 325 g/mol. The lowest BCUT2D eigenvalue weighted by atomic mass is 10.1. The van der Waals surface area contributed by atoms with Crippen molar-refractivity contribution in [3.63, 3.8) is 0 Å².